The molecule has 5 aliphatic heterocycles. The lowest BCUT2D eigenvalue weighted by molar-refractivity contribution is -0.389. The second-order valence-corrected chi connectivity index (χ2v) is 15.7. The Kier molecular flexibility index (Phi) is 20.6. The zero-order valence-corrected chi connectivity index (χ0v) is 37.3. The number of carbonyl (C=O) groups is 2. The fourth-order valence-electron chi connectivity index (χ4n) is 8.83. The van der Waals surface area contributed by atoms with Crippen LogP contribution < -0.4 is 0 Å². The van der Waals surface area contributed by atoms with Crippen molar-refractivity contribution in [3.63, 3.8) is 0 Å². The Morgan fingerprint density at radius 1 is 0.448 bits per heavy atom. The molecule has 0 spiro atoms. The Hall–Kier alpha value is -2.67. The van der Waals surface area contributed by atoms with Crippen LogP contribution in [0.15, 0.2) is 5.11 Å². The number of carboxylic acids is 2. The van der Waals surface area contributed by atoms with E-state index in [0.29, 0.717) is 0 Å². The molecule has 9 N–H and O–H groups in total. The summed E-state index contributed by atoms with van der Waals surface area (Å²) < 4.78 is 91.1. The number of hydrogen-bond donors (Lipinski definition) is 9. The molecule has 30 nitrogen and oxygen atoms in total. The van der Waals surface area contributed by atoms with Crippen molar-refractivity contribution in [1.82, 2.24) is 0 Å². The molecule has 11 unspecified atom stereocenters. The highest BCUT2D eigenvalue weighted by Crippen LogP contribution is 2.38. The van der Waals surface area contributed by atoms with E-state index in [2.05, 4.69) is 10.0 Å². The Morgan fingerprint density at radius 3 is 1.18 bits per heavy atom. The van der Waals surface area contributed by atoms with Gasteiger partial charge in [0.05, 0.1) is 25.9 Å². The maximum atomic E-state index is 12.8. The van der Waals surface area contributed by atoms with E-state index in [0.717, 1.165) is 7.11 Å². The van der Waals surface area contributed by atoms with Crippen LogP contribution >= 0.6 is 0 Å². The van der Waals surface area contributed by atoms with Gasteiger partial charge in [0.2, 0.25) is 0 Å². The standard InChI is InChI=1S/C37H61N3O27/c1-52-21-13(10-43)59-33(14(39-40-38)22(21)53-2)64-25-23(54-3)29(56-5)36(66-27(25)31(48)49)63-20-12(9-42)61-35(18(47)16(20)45)65-26-24(55-4)30(57-6)37(67-28(26)32(50)51)62-19-11(8-41)60-34(58-7)17(46)15(19)44/h11-30,33-37,41-47H,8-10H2,1-7H3,(H,48,49)(H,50,51)/t11?,12-,13?,14?,15+,16?,17?,18?,19+,20+,21?,22+,23-,24?,25-,26-,27?,28+,29?,30?,33+,34-,35+,36+,37+/m0/s1. The molecule has 0 radical (unpaired) electrons. The van der Waals surface area contributed by atoms with Crippen LogP contribution in [0.5, 0.6) is 0 Å². The third kappa shape index (κ3) is 11.4. The van der Waals surface area contributed by atoms with Gasteiger partial charge in [0.1, 0.15) is 104 Å². The molecule has 0 aromatic rings. The number of hydrogen-bond acceptors (Lipinski definition) is 26. The van der Waals surface area contributed by atoms with Crippen LogP contribution in [0.4, 0.5) is 0 Å². The predicted octanol–water partition coefficient (Wildman–Crippen LogP) is -5.84. The number of aliphatic hydroxyl groups excluding tert-OH is 7. The molecule has 5 fully saturated rings. The van der Waals surface area contributed by atoms with Gasteiger partial charge >= 0.3 is 11.9 Å². The number of ether oxygens (including phenoxy) is 16. The quantitative estimate of drug-likeness (QED) is 0.0294. The van der Waals surface area contributed by atoms with E-state index >= 15 is 0 Å². The number of methoxy groups -OCH3 is 7. The molecule has 5 saturated heterocycles. The van der Waals surface area contributed by atoms with Crippen LogP contribution in [0.1, 0.15) is 0 Å². The summed E-state index contributed by atoms with van der Waals surface area (Å²) in [4.78, 5) is 28.4. The highest BCUT2D eigenvalue weighted by atomic mass is 16.8. The summed E-state index contributed by atoms with van der Waals surface area (Å²) in [5.74, 6) is -3.31. The van der Waals surface area contributed by atoms with Crippen molar-refractivity contribution < 1.29 is 131 Å². The lowest BCUT2D eigenvalue weighted by Gasteiger charge is -2.50. The fourth-order valence-corrected chi connectivity index (χ4v) is 8.83. The van der Waals surface area contributed by atoms with Gasteiger partial charge in [0.15, 0.2) is 43.7 Å². The van der Waals surface area contributed by atoms with Gasteiger partial charge in [-0.1, -0.05) is 5.11 Å². The van der Waals surface area contributed by atoms with E-state index < -0.39 is 185 Å². The average molecular weight is 980 g/mol. The molecule has 25 atom stereocenters. The summed E-state index contributed by atoms with van der Waals surface area (Å²) in [6.45, 7) is -2.32. The maximum absolute atomic E-state index is 12.8. The lowest BCUT2D eigenvalue weighted by Crippen LogP contribution is -2.69. The minimum Gasteiger partial charge on any atom is -0.479 e. The van der Waals surface area contributed by atoms with Gasteiger partial charge in [0.25, 0.3) is 0 Å². The Balaban J connectivity index is 1.35. The van der Waals surface area contributed by atoms with Crippen molar-refractivity contribution in [3.05, 3.63) is 10.4 Å². The molecule has 0 amide bonds. The minimum atomic E-state index is -2.12. The molecule has 0 aromatic carbocycles. The van der Waals surface area contributed by atoms with Crippen molar-refractivity contribution in [1.29, 1.82) is 0 Å². The van der Waals surface area contributed by atoms with Crippen molar-refractivity contribution in [2.24, 2.45) is 5.11 Å². The predicted molar refractivity (Wildman–Crippen MR) is 208 cm³/mol. The van der Waals surface area contributed by atoms with Crippen LogP contribution in [0.2, 0.25) is 0 Å². The molecule has 386 valence electrons. The normalized spacial score (nSPS) is 46.1. The Bertz CT molecular complexity index is 1620. The van der Waals surface area contributed by atoms with Gasteiger partial charge in [-0.2, -0.15) is 0 Å². The van der Waals surface area contributed by atoms with Crippen LogP contribution in [0.25, 0.3) is 10.4 Å². The van der Waals surface area contributed by atoms with E-state index in [-0.39, 0.29) is 0 Å². The summed E-state index contributed by atoms with van der Waals surface area (Å²) in [5.41, 5.74) is 9.38. The van der Waals surface area contributed by atoms with Crippen molar-refractivity contribution >= 4 is 11.9 Å². The van der Waals surface area contributed by atoms with Crippen LogP contribution in [-0.2, 0) is 85.4 Å². The van der Waals surface area contributed by atoms with Crippen molar-refractivity contribution in [2.75, 3.05) is 69.6 Å². The molecular formula is C37H61N3O27. The third-order valence-corrected chi connectivity index (χ3v) is 12.1. The SMILES string of the molecule is COC1C(OC)[C@H](O[C@H]2O[C@@H](CO)[C@@H](O[C@@H]3OC(C(=O)O)[C@@H](O[C@H]4OC(CO)C(OC)[C@H](OC)C4N=[N+]=[N-])[C@H](OC)C3OC)C(O)C2O)[C@H](C(=O)O)O[C@H]1O[C@@H]1C(CO)O[C@H](OC)C(O)[C@H]1O. The molecule has 0 aliphatic carbocycles. The summed E-state index contributed by atoms with van der Waals surface area (Å²) >= 11 is 0. The zero-order valence-electron chi connectivity index (χ0n) is 37.3. The zero-order chi connectivity index (χ0) is 49.4. The molecule has 0 saturated carbocycles. The Labute approximate surface area is 381 Å². The maximum Gasteiger partial charge on any atom is 0.335 e. The number of carboxylic acid groups (broad SMARTS) is 2. The average Bonchev–Trinajstić information content (AvgIpc) is 3.32. The van der Waals surface area contributed by atoms with Gasteiger partial charge in [0, 0.05) is 54.7 Å². The summed E-state index contributed by atoms with van der Waals surface area (Å²) in [7, 11) is 8.44. The third-order valence-electron chi connectivity index (χ3n) is 12.1. The molecule has 5 heterocycles. The molecule has 5 rings (SSSR count). The summed E-state index contributed by atoms with van der Waals surface area (Å²) in [6.07, 6.45) is -38.6. The van der Waals surface area contributed by atoms with Crippen molar-refractivity contribution in [2.45, 2.75) is 153 Å². The van der Waals surface area contributed by atoms with E-state index in [1.165, 1.54) is 42.7 Å². The highest BCUT2D eigenvalue weighted by molar-refractivity contribution is 5.74. The van der Waals surface area contributed by atoms with Crippen LogP contribution in [0, 0.1) is 0 Å². The number of aliphatic carboxylic acids is 2. The molecule has 0 aromatic heterocycles. The van der Waals surface area contributed by atoms with E-state index in [4.69, 9.17) is 75.8 Å². The second-order valence-electron chi connectivity index (χ2n) is 15.7. The molecular weight excluding hydrogens is 918 g/mol. The van der Waals surface area contributed by atoms with Gasteiger partial charge in [-0.05, 0) is 5.53 Å². The fraction of sp³-hybridized carbons (Fsp3) is 0.946. The Morgan fingerprint density at radius 2 is 0.806 bits per heavy atom. The number of rotatable bonds is 21. The van der Waals surface area contributed by atoms with Gasteiger partial charge in [-0.3, -0.25) is 0 Å². The van der Waals surface area contributed by atoms with Gasteiger partial charge in [-0.25, -0.2) is 9.59 Å². The smallest absolute Gasteiger partial charge is 0.335 e. The first kappa shape index (κ1) is 55.3. The monoisotopic (exact) mass is 979 g/mol. The number of aliphatic hydroxyl groups is 7. The summed E-state index contributed by atoms with van der Waals surface area (Å²) in [5, 5.41) is 99.4. The largest absolute Gasteiger partial charge is 0.479 e. The van der Waals surface area contributed by atoms with Crippen LogP contribution in [0.3, 0.4) is 0 Å². The van der Waals surface area contributed by atoms with E-state index in [1.54, 1.807) is 0 Å². The van der Waals surface area contributed by atoms with Gasteiger partial charge in [-0.15, -0.1) is 0 Å². The lowest BCUT2D eigenvalue weighted by atomic mass is 9.94. The minimum absolute atomic E-state index is 0.618. The van der Waals surface area contributed by atoms with E-state index in [9.17, 15) is 61.1 Å². The number of azide groups is 1. The molecule has 30 heteroatoms. The van der Waals surface area contributed by atoms with Gasteiger partial charge < -0.3 is 122 Å². The highest BCUT2D eigenvalue weighted by Gasteiger charge is 2.59. The molecule has 67 heavy (non-hydrogen) atoms. The van der Waals surface area contributed by atoms with Crippen molar-refractivity contribution in [3.8, 4) is 0 Å². The van der Waals surface area contributed by atoms with E-state index in [1.807, 2.05) is 0 Å². The molecule has 0 bridgehead atoms. The first-order valence-corrected chi connectivity index (χ1v) is 20.7. The first-order valence-electron chi connectivity index (χ1n) is 20.7. The number of nitrogens with zero attached hydrogens (tertiary/aromatic N) is 3. The second kappa shape index (κ2) is 24.9. The molecule has 5 aliphatic rings. The van der Waals surface area contributed by atoms with Crippen LogP contribution in [-0.4, -0.2) is 281 Å². The first-order chi connectivity index (χ1) is 32.1. The summed E-state index contributed by atoms with van der Waals surface area (Å²) in [6, 6.07) is -1.31. The topological polar surface area (TPSA) is 413 Å².